The number of ether oxygens (including phenoxy) is 2. The van der Waals surface area contributed by atoms with E-state index in [1.54, 1.807) is 49.9 Å². The molecule has 5 rings (SSSR count). The Morgan fingerprint density at radius 3 is 2.02 bits per heavy atom. The first-order chi connectivity index (χ1) is 21.1. The summed E-state index contributed by atoms with van der Waals surface area (Å²) in [5.74, 6) is -1.38. The number of piperidine rings is 1. The smallest absolute Gasteiger partial charge is 0.407 e. The number of hydrogen-bond acceptors (Lipinski definition) is 6. The summed E-state index contributed by atoms with van der Waals surface area (Å²) in [4.78, 5) is 53.7. The van der Waals surface area contributed by atoms with Crippen molar-refractivity contribution in [2.75, 3.05) is 25.0 Å². The highest BCUT2D eigenvalue weighted by molar-refractivity contribution is 5.99. The lowest BCUT2D eigenvalue weighted by atomic mass is 9.98. The fourth-order valence-corrected chi connectivity index (χ4v) is 5.69. The minimum absolute atomic E-state index is 0.0837. The molecule has 1 saturated heterocycles. The van der Waals surface area contributed by atoms with Gasteiger partial charge in [-0.15, -0.1) is 0 Å². The number of likely N-dealkylation sites (tertiary alicyclic amines) is 1. The minimum Gasteiger partial charge on any atom is -0.456 e. The number of benzene rings is 3. The van der Waals surface area contributed by atoms with E-state index in [-0.39, 0.29) is 24.9 Å². The molecule has 1 heterocycles. The van der Waals surface area contributed by atoms with Gasteiger partial charge in [0, 0.05) is 24.7 Å². The largest absolute Gasteiger partial charge is 0.456 e. The third kappa shape index (κ3) is 7.45. The third-order valence-corrected chi connectivity index (χ3v) is 7.83. The number of hydrogen-bond donors (Lipinski definition) is 2. The Morgan fingerprint density at radius 2 is 1.43 bits per heavy atom. The van der Waals surface area contributed by atoms with Crippen molar-refractivity contribution in [2.24, 2.45) is 0 Å². The van der Waals surface area contributed by atoms with Gasteiger partial charge in [-0.05, 0) is 86.6 Å². The normalized spacial score (nSPS) is 15.0. The molecule has 0 unspecified atom stereocenters. The molecule has 0 aromatic heterocycles. The molecule has 0 radical (unpaired) electrons. The maximum atomic E-state index is 13.4. The quantitative estimate of drug-likeness (QED) is 0.313. The first-order valence-corrected chi connectivity index (χ1v) is 15.1. The number of carbonyl (C=O) groups excluding carboxylic acids is 4. The lowest BCUT2D eigenvalue weighted by Crippen LogP contribution is -2.48. The van der Waals surface area contributed by atoms with Gasteiger partial charge in [-0.25, -0.2) is 9.59 Å². The third-order valence-electron chi connectivity index (χ3n) is 7.83. The van der Waals surface area contributed by atoms with Crippen LogP contribution in [0, 0.1) is 0 Å². The zero-order valence-corrected chi connectivity index (χ0v) is 25.4. The number of nitrogens with zero attached hydrogens (tertiary/aromatic N) is 1. The molecule has 1 fully saturated rings. The molecule has 2 aliphatic rings. The van der Waals surface area contributed by atoms with Gasteiger partial charge >= 0.3 is 12.1 Å². The van der Waals surface area contributed by atoms with Crippen molar-refractivity contribution < 1.29 is 28.7 Å². The van der Waals surface area contributed by atoms with Crippen molar-refractivity contribution in [1.82, 2.24) is 10.2 Å². The van der Waals surface area contributed by atoms with Gasteiger partial charge in [-0.1, -0.05) is 48.5 Å². The zero-order valence-electron chi connectivity index (χ0n) is 25.4. The highest BCUT2D eigenvalue weighted by Crippen LogP contribution is 2.44. The van der Waals surface area contributed by atoms with Crippen molar-refractivity contribution >= 4 is 29.6 Å². The van der Waals surface area contributed by atoms with Crippen LogP contribution in [0.25, 0.3) is 11.1 Å². The number of carbonyl (C=O) groups is 4. The van der Waals surface area contributed by atoms with Gasteiger partial charge in [-0.2, -0.15) is 0 Å². The second-order valence-corrected chi connectivity index (χ2v) is 12.2. The minimum atomic E-state index is -1.16. The molecular formula is C35H39N3O6. The number of rotatable bonds is 8. The number of nitrogens with one attached hydrogen (secondary N) is 2. The average molecular weight is 598 g/mol. The topological polar surface area (TPSA) is 114 Å². The van der Waals surface area contributed by atoms with Gasteiger partial charge < -0.3 is 25.0 Å². The van der Waals surface area contributed by atoms with Crippen molar-refractivity contribution in [3.63, 3.8) is 0 Å². The number of fused-ring (bicyclic) bond motifs is 3. The van der Waals surface area contributed by atoms with Gasteiger partial charge in [0.05, 0.1) is 12.0 Å². The van der Waals surface area contributed by atoms with E-state index in [0.717, 1.165) is 41.5 Å². The maximum absolute atomic E-state index is 13.4. The van der Waals surface area contributed by atoms with Crippen molar-refractivity contribution in [3.05, 3.63) is 89.5 Å². The standard InChI is InChI=1S/C35H39N3O6/c1-35(2,3)44-33(41)23-15-17-24(18-16-23)36-32(40)30(21-31(39)38-19-9-4-10-20-38)37-34(42)43-22-29-27-13-7-5-11-25(27)26-12-6-8-14-28(26)29/h5-8,11-18,29-30H,4,9-10,19-22H2,1-3H3,(H,36,40)(H,37,42)/t30-/m0/s1. The van der Waals surface area contributed by atoms with Crippen LogP contribution in [-0.2, 0) is 19.1 Å². The van der Waals surface area contributed by atoms with E-state index in [2.05, 4.69) is 22.8 Å². The molecule has 1 aliphatic heterocycles. The molecule has 9 nitrogen and oxygen atoms in total. The van der Waals surface area contributed by atoms with E-state index in [0.29, 0.717) is 24.3 Å². The molecule has 0 saturated carbocycles. The molecule has 2 N–H and O–H groups in total. The Hall–Kier alpha value is -4.66. The van der Waals surface area contributed by atoms with E-state index >= 15 is 0 Å². The number of alkyl carbamates (subject to hydrolysis) is 1. The second-order valence-electron chi connectivity index (χ2n) is 12.2. The van der Waals surface area contributed by atoms with Crippen LogP contribution in [0.4, 0.5) is 10.5 Å². The Labute approximate surface area is 257 Å². The Kier molecular flexibility index (Phi) is 9.32. The van der Waals surface area contributed by atoms with Crippen LogP contribution in [0.15, 0.2) is 72.8 Å². The average Bonchev–Trinajstić information content (AvgIpc) is 3.33. The molecule has 1 atom stereocenters. The lowest BCUT2D eigenvalue weighted by Gasteiger charge is -2.28. The van der Waals surface area contributed by atoms with E-state index in [1.165, 1.54) is 0 Å². The highest BCUT2D eigenvalue weighted by Gasteiger charge is 2.31. The first-order valence-electron chi connectivity index (χ1n) is 15.1. The Morgan fingerprint density at radius 1 is 0.841 bits per heavy atom. The van der Waals surface area contributed by atoms with Crippen LogP contribution in [0.1, 0.15) is 73.9 Å². The predicted molar refractivity (Wildman–Crippen MR) is 167 cm³/mol. The predicted octanol–water partition coefficient (Wildman–Crippen LogP) is 5.89. The van der Waals surface area contributed by atoms with E-state index in [9.17, 15) is 19.2 Å². The molecule has 3 aromatic carbocycles. The van der Waals surface area contributed by atoms with Crippen LogP contribution in [0.5, 0.6) is 0 Å². The summed E-state index contributed by atoms with van der Waals surface area (Å²) < 4.78 is 11.1. The summed E-state index contributed by atoms with van der Waals surface area (Å²) in [6.07, 6.45) is 1.90. The summed E-state index contributed by atoms with van der Waals surface area (Å²) in [7, 11) is 0. The van der Waals surface area contributed by atoms with E-state index < -0.39 is 29.6 Å². The molecule has 0 spiro atoms. The maximum Gasteiger partial charge on any atom is 0.407 e. The molecule has 230 valence electrons. The summed E-state index contributed by atoms with van der Waals surface area (Å²) in [6.45, 7) is 6.70. The molecule has 44 heavy (non-hydrogen) atoms. The number of anilines is 1. The van der Waals surface area contributed by atoms with Crippen LogP contribution >= 0.6 is 0 Å². The number of amides is 3. The molecule has 3 amide bonds. The van der Waals surface area contributed by atoms with Gasteiger partial charge in [0.15, 0.2) is 0 Å². The van der Waals surface area contributed by atoms with Crippen LogP contribution in [-0.4, -0.2) is 60.1 Å². The fraction of sp³-hybridized carbons (Fsp3) is 0.371. The Bertz CT molecular complexity index is 1480. The van der Waals surface area contributed by atoms with E-state index in [1.807, 2.05) is 36.4 Å². The molecule has 9 heteroatoms. The van der Waals surface area contributed by atoms with Crippen molar-refractivity contribution in [2.45, 2.75) is 64.0 Å². The van der Waals surface area contributed by atoms with Gasteiger partial charge in [0.2, 0.25) is 11.8 Å². The van der Waals surface area contributed by atoms with Crippen LogP contribution in [0.2, 0.25) is 0 Å². The van der Waals surface area contributed by atoms with Crippen molar-refractivity contribution in [1.29, 1.82) is 0 Å². The second kappa shape index (κ2) is 13.3. The lowest BCUT2D eigenvalue weighted by molar-refractivity contribution is -0.134. The molecular weight excluding hydrogens is 558 g/mol. The van der Waals surface area contributed by atoms with Gasteiger partial charge in [0.1, 0.15) is 18.2 Å². The summed E-state index contributed by atoms with van der Waals surface area (Å²) in [5, 5.41) is 5.40. The molecule has 0 bridgehead atoms. The summed E-state index contributed by atoms with van der Waals surface area (Å²) in [6, 6.07) is 21.2. The fourth-order valence-electron chi connectivity index (χ4n) is 5.69. The number of esters is 1. The van der Waals surface area contributed by atoms with Crippen LogP contribution in [0.3, 0.4) is 0 Å². The first kappa shape index (κ1) is 30.8. The summed E-state index contributed by atoms with van der Waals surface area (Å²) >= 11 is 0. The van der Waals surface area contributed by atoms with Gasteiger partial charge in [0.25, 0.3) is 0 Å². The SMILES string of the molecule is CC(C)(C)OC(=O)c1ccc(NC(=O)[C@H](CC(=O)N2CCCCC2)NC(=O)OCC2c3ccccc3-c3ccccc32)cc1. The Balaban J connectivity index is 1.26. The molecule has 1 aliphatic carbocycles. The monoisotopic (exact) mass is 597 g/mol. The summed E-state index contributed by atoms with van der Waals surface area (Å²) in [5.41, 5.74) is 4.48. The molecule has 3 aromatic rings. The van der Waals surface area contributed by atoms with E-state index in [4.69, 9.17) is 9.47 Å². The zero-order chi connectivity index (χ0) is 31.3. The van der Waals surface area contributed by atoms with Crippen LogP contribution < -0.4 is 10.6 Å². The van der Waals surface area contributed by atoms with Crippen molar-refractivity contribution in [3.8, 4) is 11.1 Å². The highest BCUT2D eigenvalue weighted by atomic mass is 16.6. The van der Waals surface area contributed by atoms with Gasteiger partial charge in [-0.3, -0.25) is 9.59 Å².